The number of hydrogen-bond acceptors (Lipinski definition) is 3. The zero-order valence-electron chi connectivity index (χ0n) is 9.52. The normalized spacial score (nSPS) is 19.3. The maximum absolute atomic E-state index is 11.6. The molecule has 0 aromatic heterocycles. The summed E-state index contributed by atoms with van der Waals surface area (Å²) in [5.74, 6) is 0.789. The number of amides is 1. The van der Waals surface area contributed by atoms with Gasteiger partial charge in [-0.2, -0.15) is 0 Å². The Morgan fingerprint density at radius 1 is 1.35 bits per heavy atom. The van der Waals surface area contributed by atoms with Crippen LogP contribution in [0.5, 0.6) is 0 Å². The minimum Gasteiger partial charge on any atom is -0.345 e. The summed E-state index contributed by atoms with van der Waals surface area (Å²) in [6.45, 7) is 0. The largest absolute Gasteiger partial charge is 0.345 e. The Kier molecular flexibility index (Phi) is 4.20. The van der Waals surface area contributed by atoms with Gasteiger partial charge >= 0.3 is 0 Å². The molecule has 2 rings (SSSR count). The van der Waals surface area contributed by atoms with Crippen molar-refractivity contribution in [1.29, 1.82) is 0 Å². The summed E-state index contributed by atoms with van der Waals surface area (Å²) in [6.07, 6.45) is 1.93. The monoisotopic (exact) mass is 249 g/mol. The van der Waals surface area contributed by atoms with Crippen LogP contribution in [0.1, 0.15) is 18.4 Å². The van der Waals surface area contributed by atoms with E-state index in [1.807, 2.05) is 30.3 Å². The summed E-state index contributed by atoms with van der Waals surface area (Å²) in [4.78, 5) is 23.0. The molecule has 0 bridgehead atoms. The van der Waals surface area contributed by atoms with Gasteiger partial charge in [0.1, 0.15) is 0 Å². The van der Waals surface area contributed by atoms with Crippen molar-refractivity contribution in [3.05, 3.63) is 35.9 Å². The summed E-state index contributed by atoms with van der Waals surface area (Å²) in [6, 6.07) is 9.63. The molecule has 0 aliphatic carbocycles. The lowest BCUT2D eigenvalue weighted by atomic mass is 10.1. The molecule has 1 N–H and O–H groups in total. The van der Waals surface area contributed by atoms with Gasteiger partial charge in [-0.25, -0.2) is 0 Å². The molecule has 1 aliphatic rings. The van der Waals surface area contributed by atoms with Crippen LogP contribution in [0.15, 0.2) is 30.3 Å². The topological polar surface area (TPSA) is 46.2 Å². The van der Waals surface area contributed by atoms with E-state index in [-0.39, 0.29) is 17.1 Å². The second-order valence-electron chi connectivity index (χ2n) is 4.06. The Balaban J connectivity index is 1.76. The Morgan fingerprint density at radius 3 is 2.76 bits per heavy atom. The lowest BCUT2D eigenvalue weighted by Gasteiger charge is -2.09. The quantitative estimate of drug-likeness (QED) is 0.884. The van der Waals surface area contributed by atoms with Crippen molar-refractivity contribution in [2.75, 3.05) is 5.75 Å². The van der Waals surface area contributed by atoms with Gasteiger partial charge in [0.2, 0.25) is 11.0 Å². The molecule has 1 aliphatic heterocycles. The smallest absolute Gasteiger partial charge is 0.220 e. The van der Waals surface area contributed by atoms with E-state index in [9.17, 15) is 9.59 Å². The summed E-state index contributed by atoms with van der Waals surface area (Å²) in [5, 5.41) is 2.88. The van der Waals surface area contributed by atoms with Gasteiger partial charge < -0.3 is 5.32 Å². The number of nitrogens with one attached hydrogen (secondary N) is 1. The minimum atomic E-state index is -0.261. The summed E-state index contributed by atoms with van der Waals surface area (Å²) < 4.78 is 0. The fraction of sp³-hybridized carbons (Fsp3) is 0.385. The van der Waals surface area contributed by atoms with Crippen LogP contribution in [0, 0.1) is 0 Å². The molecule has 1 aromatic rings. The lowest BCUT2D eigenvalue weighted by molar-refractivity contribution is -0.124. The van der Waals surface area contributed by atoms with Crippen molar-refractivity contribution in [3.8, 4) is 0 Å². The number of benzene rings is 1. The highest BCUT2D eigenvalue weighted by Gasteiger charge is 2.26. The van der Waals surface area contributed by atoms with Gasteiger partial charge in [0.05, 0.1) is 6.04 Å². The standard InChI is InChI=1S/C13H15NO2S/c15-12(14-11-8-9-17-13(11)16)7-6-10-4-2-1-3-5-10/h1-5,11H,6-9H2,(H,14,15)/t11-/m0/s1. The van der Waals surface area contributed by atoms with Gasteiger partial charge in [0.15, 0.2) is 0 Å². The predicted octanol–water partition coefficient (Wildman–Crippen LogP) is 1.77. The molecule has 17 heavy (non-hydrogen) atoms. The molecule has 4 heteroatoms. The molecule has 3 nitrogen and oxygen atoms in total. The van der Waals surface area contributed by atoms with Crippen molar-refractivity contribution in [3.63, 3.8) is 0 Å². The predicted molar refractivity (Wildman–Crippen MR) is 68.8 cm³/mol. The van der Waals surface area contributed by atoms with Crippen molar-refractivity contribution >= 4 is 22.8 Å². The molecule has 90 valence electrons. The molecule has 0 unspecified atom stereocenters. The maximum atomic E-state index is 11.6. The summed E-state index contributed by atoms with van der Waals surface area (Å²) in [7, 11) is 0. The van der Waals surface area contributed by atoms with Crippen LogP contribution < -0.4 is 5.32 Å². The highest BCUT2D eigenvalue weighted by molar-refractivity contribution is 8.14. The number of thioether (sulfide) groups is 1. The zero-order valence-corrected chi connectivity index (χ0v) is 10.3. The second-order valence-corrected chi connectivity index (χ2v) is 5.16. The molecular weight excluding hydrogens is 234 g/mol. The van der Waals surface area contributed by atoms with Gasteiger partial charge in [-0.05, 0) is 18.4 Å². The molecule has 1 saturated heterocycles. The third-order valence-corrected chi connectivity index (χ3v) is 3.76. The Hall–Kier alpha value is -1.29. The highest BCUT2D eigenvalue weighted by atomic mass is 32.2. The van der Waals surface area contributed by atoms with Crippen LogP contribution in [0.25, 0.3) is 0 Å². The molecule has 1 fully saturated rings. The number of carbonyl (C=O) groups excluding carboxylic acids is 2. The number of carbonyl (C=O) groups is 2. The average Bonchev–Trinajstić information content (AvgIpc) is 2.74. The molecule has 0 spiro atoms. The van der Waals surface area contributed by atoms with Crippen molar-refractivity contribution in [1.82, 2.24) is 5.32 Å². The third kappa shape index (κ3) is 3.60. The Bertz CT molecular complexity index is 405. The van der Waals surface area contributed by atoms with Crippen LogP contribution >= 0.6 is 11.8 Å². The van der Waals surface area contributed by atoms with Gasteiger partial charge in [-0.15, -0.1) is 0 Å². The van der Waals surface area contributed by atoms with Crippen LogP contribution in [0.3, 0.4) is 0 Å². The van der Waals surface area contributed by atoms with Gasteiger partial charge in [-0.1, -0.05) is 42.1 Å². The van der Waals surface area contributed by atoms with E-state index in [0.29, 0.717) is 6.42 Å². The lowest BCUT2D eigenvalue weighted by Crippen LogP contribution is -2.37. The molecule has 1 atom stereocenters. The Labute approximate surface area is 105 Å². The minimum absolute atomic E-state index is 0.0327. The van der Waals surface area contributed by atoms with Crippen LogP contribution in [0.2, 0.25) is 0 Å². The summed E-state index contributed by atoms with van der Waals surface area (Å²) >= 11 is 1.31. The number of rotatable bonds is 4. The first kappa shape index (κ1) is 12.2. The van der Waals surface area contributed by atoms with Gasteiger partial charge in [0, 0.05) is 12.2 Å². The van der Waals surface area contributed by atoms with E-state index in [2.05, 4.69) is 5.32 Å². The van der Waals surface area contributed by atoms with E-state index < -0.39 is 0 Å². The SMILES string of the molecule is O=C(CCc1ccccc1)N[C@H]1CCSC1=O. The highest BCUT2D eigenvalue weighted by Crippen LogP contribution is 2.19. The first-order valence-electron chi connectivity index (χ1n) is 5.75. The molecule has 0 saturated carbocycles. The molecule has 1 amide bonds. The van der Waals surface area contributed by atoms with E-state index >= 15 is 0 Å². The Morgan fingerprint density at radius 2 is 2.12 bits per heavy atom. The third-order valence-electron chi connectivity index (χ3n) is 2.75. The first-order chi connectivity index (χ1) is 8.25. The van der Waals surface area contributed by atoms with Crippen LogP contribution in [-0.2, 0) is 16.0 Å². The second kappa shape index (κ2) is 5.87. The number of hydrogen-bond donors (Lipinski definition) is 1. The van der Waals surface area contributed by atoms with Crippen LogP contribution in [-0.4, -0.2) is 22.8 Å². The van der Waals surface area contributed by atoms with Crippen LogP contribution in [0.4, 0.5) is 0 Å². The van der Waals surface area contributed by atoms with Crippen molar-refractivity contribution in [2.24, 2.45) is 0 Å². The maximum Gasteiger partial charge on any atom is 0.220 e. The fourth-order valence-electron chi connectivity index (χ4n) is 1.80. The molecule has 1 heterocycles. The fourth-order valence-corrected chi connectivity index (χ4v) is 2.73. The van der Waals surface area contributed by atoms with Gasteiger partial charge in [0.25, 0.3) is 0 Å². The van der Waals surface area contributed by atoms with E-state index in [1.54, 1.807) is 0 Å². The average molecular weight is 249 g/mol. The molecule has 0 radical (unpaired) electrons. The molecule has 1 aromatic carbocycles. The van der Waals surface area contributed by atoms with Gasteiger partial charge in [-0.3, -0.25) is 9.59 Å². The van der Waals surface area contributed by atoms with E-state index in [1.165, 1.54) is 11.8 Å². The summed E-state index contributed by atoms with van der Waals surface area (Å²) in [5.41, 5.74) is 1.15. The van der Waals surface area contributed by atoms with Crippen molar-refractivity contribution < 1.29 is 9.59 Å². The zero-order chi connectivity index (χ0) is 12.1. The number of aryl methyl sites for hydroxylation is 1. The van der Waals surface area contributed by atoms with E-state index in [4.69, 9.17) is 0 Å². The first-order valence-corrected chi connectivity index (χ1v) is 6.74. The van der Waals surface area contributed by atoms with Crippen molar-refractivity contribution in [2.45, 2.75) is 25.3 Å². The van der Waals surface area contributed by atoms with E-state index in [0.717, 1.165) is 24.2 Å². The molecular formula is C13H15NO2S.